The van der Waals surface area contributed by atoms with E-state index in [-0.39, 0.29) is 0 Å². The minimum Gasteiger partial charge on any atom is -0.494 e. The predicted octanol–water partition coefficient (Wildman–Crippen LogP) is 5.03. The number of anilines is 1. The van der Waals surface area contributed by atoms with Crippen molar-refractivity contribution in [2.24, 2.45) is 0 Å². The fraction of sp³-hybridized carbons (Fsp3) is 0.562. The second-order valence-electron chi connectivity index (χ2n) is 4.92. The van der Waals surface area contributed by atoms with Gasteiger partial charge in [-0.2, -0.15) is 11.8 Å². The van der Waals surface area contributed by atoms with Crippen LogP contribution in [0.2, 0.25) is 0 Å². The van der Waals surface area contributed by atoms with Gasteiger partial charge in [0.25, 0.3) is 0 Å². The number of ether oxygens (including phenoxy) is 1. The Bertz CT molecular complexity index is 542. The summed E-state index contributed by atoms with van der Waals surface area (Å²) in [4.78, 5) is 4.61. The van der Waals surface area contributed by atoms with Gasteiger partial charge in [0, 0.05) is 6.54 Å². The first-order valence-corrected chi connectivity index (χ1v) is 9.80. The molecule has 0 aliphatic carbocycles. The Morgan fingerprint density at radius 1 is 1.24 bits per heavy atom. The van der Waals surface area contributed by atoms with Crippen molar-refractivity contribution in [3.05, 3.63) is 18.2 Å². The number of nitrogens with one attached hydrogen (secondary N) is 1. The summed E-state index contributed by atoms with van der Waals surface area (Å²) in [5, 5.41) is 4.45. The molecule has 0 fully saturated rings. The van der Waals surface area contributed by atoms with Gasteiger partial charge in [0.2, 0.25) is 0 Å². The standard InChI is InChI=1S/C16H24N2OS2/c1-3-19-13-8-9-14-15(12-13)21-16(18-14)17-10-6-4-5-7-11-20-2/h8-9,12H,3-7,10-11H2,1-2H3,(H,17,18). The number of benzene rings is 1. The molecule has 2 rings (SSSR count). The molecule has 0 saturated carbocycles. The van der Waals surface area contributed by atoms with Gasteiger partial charge >= 0.3 is 0 Å². The fourth-order valence-electron chi connectivity index (χ4n) is 2.16. The summed E-state index contributed by atoms with van der Waals surface area (Å²) in [6, 6.07) is 6.09. The number of hydrogen-bond acceptors (Lipinski definition) is 5. The van der Waals surface area contributed by atoms with Crippen LogP contribution in [-0.4, -0.2) is 30.1 Å². The van der Waals surface area contributed by atoms with Crippen LogP contribution in [0.1, 0.15) is 32.6 Å². The van der Waals surface area contributed by atoms with Gasteiger partial charge in [0.15, 0.2) is 5.13 Å². The zero-order chi connectivity index (χ0) is 14.9. The van der Waals surface area contributed by atoms with E-state index in [4.69, 9.17) is 4.74 Å². The SMILES string of the molecule is CCOc1ccc2nc(NCCCCCCSC)sc2c1. The molecule has 0 atom stereocenters. The maximum Gasteiger partial charge on any atom is 0.183 e. The molecule has 1 heterocycles. The third-order valence-electron chi connectivity index (χ3n) is 3.22. The summed E-state index contributed by atoms with van der Waals surface area (Å²) in [6.45, 7) is 3.71. The summed E-state index contributed by atoms with van der Waals surface area (Å²) in [6.07, 6.45) is 7.36. The van der Waals surface area contributed by atoms with Crippen LogP contribution in [-0.2, 0) is 0 Å². The largest absolute Gasteiger partial charge is 0.494 e. The van der Waals surface area contributed by atoms with Crippen LogP contribution in [0, 0.1) is 0 Å². The topological polar surface area (TPSA) is 34.1 Å². The van der Waals surface area contributed by atoms with E-state index in [1.165, 1.54) is 36.1 Å². The molecule has 0 bridgehead atoms. The molecule has 21 heavy (non-hydrogen) atoms. The number of thiazole rings is 1. The number of hydrogen-bond donors (Lipinski definition) is 1. The Labute approximate surface area is 135 Å². The zero-order valence-corrected chi connectivity index (χ0v) is 14.5. The van der Waals surface area contributed by atoms with Gasteiger partial charge in [0.1, 0.15) is 5.75 Å². The quantitative estimate of drug-likeness (QED) is 0.622. The van der Waals surface area contributed by atoms with Gasteiger partial charge in [-0.25, -0.2) is 4.98 Å². The number of unbranched alkanes of at least 4 members (excludes halogenated alkanes) is 3. The molecule has 0 radical (unpaired) electrons. The van der Waals surface area contributed by atoms with Gasteiger partial charge < -0.3 is 10.1 Å². The molecule has 5 heteroatoms. The highest BCUT2D eigenvalue weighted by Crippen LogP contribution is 2.29. The summed E-state index contributed by atoms with van der Waals surface area (Å²) in [5.41, 5.74) is 1.05. The van der Waals surface area contributed by atoms with E-state index in [1.807, 2.05) is 30.8 Å². The molecule has 0 spiro atoms. The van der Waals surface area contributed by atoms with Crippen molar-refractivity contribution in [1.82, 2.24) is 4.98 Å². The van der Waals surface area contributed by atoms with Crippen LogP contribution in [0.15, 0.2) is 18.2 Å². The third-order valence-corrected chi connectivity index (χ3v) is 4.90. The second-order valence-corrected chi connectivity index (χ2v) is 6.93. The molecule has 116 valence electrons. The lowest BCUT2D eigenvalue weighted by atomic mass is 10.2. The van der Waals surface area contributed by atoms with Crippen molar-refractivity contribution >= 4 is 38.4 Å². The van der Waals surface area contributed by atoms with Gasteiger partial charge in [0.05, 0.1) is 16.8 Å². The molecule has 0 amide bonds. The van der Waals surface area contributed by atoms with E-state index >= 15 is 0 Å². The van der Waals surface area contributed by atoms with Gasteiger partial charge in [-0.1, -0.05) is 24.2 Å². The Morgan fingerprint density at radius 2 is 2.10 bits per heavy atom. The minimum atomic E-state index is 0.700. The number of fused-ring (bicyclic) bond motifs is 1. The van der Waals surface area contributed by atoms with Gasteiger partial charge in [-0.15, -0.1) is 0 Å². The Hall–Kier alpha value is -0.940. The summed E-state index contributed by atoms with van der Waals surface area (Å²) >= 11 is 3.64. The lowest BCUT2D eigenvalue weighted by Crippen LogP contribution is -2.00. The lowest BCUT2D eigenvalue weighted by molar-refractivity contribution is 0.341. The maximum absolute atomic E-state index is 5.53. The summed E-state index contributed by atoms with van der Waals surface area (Å²) < 4.78 is 6.71. The summed E-state index contributed by atoms with van der Waals surface area (Å²) in [7, 11) is 0. The first kappa shape index (κ1) is 16.4. The fourth-order valence-corrected chi connectivity index (χ4v) is 3.57. The van der Waals surface area contributed by atoms with E-state index in [1.54, 1.807) is 11.3 Å². The smallest absolute Gasteiger partial charge is 0.183 e. The third kappa shape index (κ3) is 5.40. The molecule has 1 N–H and O–H groups in total. The van der Waals surface area contributed by atoms with E-state index in [0.717, 1.165) is 22.9 Å². The molecule has 0 aliphatic heterocycles. The molecule has 2 aromatic rings. The number of thioether (sulfide) groups is 1. The highest BCUT2D eigenvalue weighted by atomic mass is 32.2. The van der Waals surface area contributed by atoms with Crippen molar-refractivity contribution in [2.75, 3.05) is 30.5 Å². The highest BCUT2D eigenvalue weighted by Gasteiger charge is 2.04. The first-order valence-electron chi connectivity index (χ1n) is 7.59. The van der Waals surface area contributed by atoms with Crippen LogP contribution in [0.5, 0.6) is 5.75 Å². The Balaban J connectivity index is 1.77. The molecule has 1 aromatic carbocycles. The number of aromatic nitrogens is 1. The summed E-state index contributed by atoms with van der Waals surface area (Å²) in [5.74, 6) is 2.21. The molecular formula is C16H24N2OS2. The molecule has 1 aromatic heterocycles. The molecule has 3 nitrogen and oxygen atoms in total. The van der Waals surface area contributed by atoms with E-state index < -0.39 is 0 Å². The average Bonchev–Trinajstić information content (AvgIpc) is 2.88. The molecular weight excluding hydrogens is 300 g/mol. The highest BCUT2D eigenvalue weighted by molar-refractivity contribution is 7.98. The van der Waals surface area contributed by atoms with E-state index in [0.29, 0.717) is 6.61 Å². The average molecular weight is 325 g/mol. The van der Waals surface area contributed by atoms with Crippen LogP contribution in [0.25, 0.3) is 10.2 Å². The molecule has 0 unspecified atom stereocenters. The zero-order valence-electron chi connectivity index (χ0n) is 12.9. The lowest BCUT2D eigenvalue weighted by Gasteiger charge is -2.02. The van der Waals surface area contributed by atoms with E-state index in [9.17, 15) is 0 Å². The van der Waals surface area contributed by atoms with Gasteiger partial charge in [-0.3, -0.25) is 0 Å². The molecule has 0 aliphatic rings. The first-order chi connectivity index (χ1) is 10.3. The van der Waals surface area contributed by atoms with Crippen molar-refractivity contribution in [1.29, 1.82) is 0 Å². The van der Waals surface area contributed by atoms with Gasteiger partial charge in [-0.05, 0) is 50.0 Å². The van der Waals surface area contributed by atoms with Crippen LogP contribution in [0.3, 0.4) is 0 Å². The minimum absolute atomic E-state index is 0.700. The maximum atomic E-state index is 5.53. The Morgan fingerprint density at radius 3 is 2.90 bits per heavy atom. The van der Waals surface area contributed by atoms with Crippen LogP contribution < -0.4 is 10.1 Å². The predicted molar refractivity (Wildman–Crippen MR) is 96.1 cm³/mol. The van der Waals surface area contributed by atoms with Crippen LogP contribution >= 0.6 is 23.1 Å². The van der Waals surface area contributed by atoms with Crippen LogP contribution in [0.4, 0.5) is 5.13 Å². The van der Waals surface area contributed by atoms with Crippen molar-refractivity contribution in [2.45, 2.75) is 32.6 Å². The second kappa shape index (κ2) is 9.15. The number of rotatable bonds is 10. The Kier molecular flexibility index (Phi) is 7.16. The monoisotopic (exact) mass is 324 g/mol. The normalized spacial score (nSPS) is 11.0. The molecule has 0 saturated heterocycles. The van der Waals surface area contributed by atoms with Crippen molar-refractivity contribution < 1.29 is 4.74 Å². The van der Waals surface area contributed by atoms with Crippen molar-refractivity contribution in [3.8, 4) is 5.75 Å². The number of nitrogens with zero attached hydrogens (tertiary/aromatic N) is 1. The van der Waals surface area contributed by atoms with Crippen molar-refractivity contribution in [3.63, 3.8) is 0 Å². The van der Waals surface area contributed by atoms with E-state index in [2.05, 4.69) is 22.6 Å².